The lowest BCUT2D eigenvalue weighted by molar-refractivity contribution is -0.142. The zero-order valence-corrected chi connectivity index (χ0v) is 12.9. The van der Waals surface area contributed by atoms with Crippen molar-refractivity contribution < 1.29 is 14.6 Å². The first-order chi connectivity index (χ1) is 10.6. The van der Waals surface area contributed by atoms with Gasteiger partial charge in [-0.3, -0.25) is 9.69 Å². The molecule has 2 saturated heterocycles. The molecule has 1 N–H and O–H groups in total. The molecule has 120 valence electrons. The quantitative estimate of drug-likeness (QED) is 0.856. The van der Waals surface area contributed by atoms with Crippen LogP contribution >= 0.6 is 0 Å². The van der Waals surface area contributed by atoms with E-state index in [0.29, 0.717) is 13.2 Å². The van der Waals surface area contributed by atoms with E-state index in [1.54, 1.807) is 12.1 Å². The second-order valence-electron chi connectivity index (χ2n) is 5.90. The molecule has 2 fully saturated rings. The summed E-state index contributed by atoms with van der Waals surface area (Å²) in [5, 5.41) is 9.35. The van der Waals surface area contributed by atoms with E-state index in [-0.39, 0.29) is 17.7 Å². The van der Waals surface area contributed by atoms with E-state index in [1.807, 2.05) is 24.1 Å². The van der Waals surface area contributed by atoms with Crippen molar-refractivity contribution in [2.75, 3.05) is 57.9 Å². The number of carbonyl (C=O) groups excluding carboxylic acids is 1. The number of anilines is 1. The molecule has 2 aliphatic rings. The molecule has 6 nitrogen and oxygen atoms in total. The van der Waals surface area contributed by atoms with Crippen LogP contribution in [0.2, 0.25) is 0 Å². The van der Waals surface area contributed by atoms with Crippen LogP contribution in [0.25, 0.3) is 0 Å². The van der Waals surface area contributed by atoms with Gasteiger partial charge in [-0.15, -0.1) is 0 Å². The summed E-state index contributed by atoms with van der Waals surface area (Å²) in [6.45, 7) is 5.09. The number of phenols is 1. The average Bonchev–Trinajstić information content (AvgIpc) is 2.56. The van der Waals surface area contributed by atoms with Crippen LogP contribution in [-0.2, 0) is 9.53 Å². The third kappa shape index (κ3) is 3.18. The minimum atomic E-state index is -0.144. The van der Waals surface area contributed by atoms with Gasteiger partial charge in [0.15, 0.2) is 0 Å². The molecule has 22 heavy (non-hydrogen) atoms. The average molecular weight is 305 g/mol. The zero-order chi connectivity index (χ0) is 15.5. The normalized spacial score (nSPS) is 23.6. The predicted octanol–water partition coefficient (Wildman–Crippen LogP) is 0.371. The van der Waals surface area contributed by atoms with Crippen molar-refractivity contribution in [2.24, 2.45) is 0 Å². The first-order valence-corrected chi connectivity index (χ1v) is 7.76. The third-order valence-electron chi connectivity index (χ3n) is 4.49. The Hall–Kier alpha value is -1.79. The van der Waals surface area contributed by atoms with Crippen molar-refractivity contribution in [1.82, 2.24) is 9.80 Å². The largest absolute Gasteiger partial charge is 0.508 e. The Bertz CT molecular complexity index is 512. The first kappa shape index (κ1) is 15.1. The van der Waals surface area contributed by atoms with E-state index in [4.69, 9.17) is 4.74 Å². The van der Waals surface area contributed by atoms with E-state index >= 15 is 0 Å². The summed E-state index contributed by atoms with van der Waals surface area (Å²) in [7, 11) is 1.98. The molecule has 0 aliphatic carbocycles. The SMILES string of the molecule is CN1CCOCC1C(=O)N1CCN(c2ccc(O)cc2)CC1. The minimum Gasteiger partial charge on any atom is -0.508 e. The molecular formula is C16H23N3O3. The Morgan fingerprint density at radius 3 is 2.45 bits per heavy atom. The number of carbonyl (C=O) groups is 1. The van der Waals surface area contributed by atoms with Crippen LogP contribution < -0.4 is 4.90 Å². The van der Waals surface area contributed by atoms with Gasteiger partial charge in [0.2, 0.25) is 5.91 Å². The van der Waals surface area contributed by atoms with Crippen LogP contribution in [0.1, 0.15) is 0 Å². The van der Waals surface area contributed by atoms with E-state index < -0.39 is 0 Å². The predicted molar refractivity (Wildman–Crippen MR) is 84.1 cm³/mol. The van der Waals surface area contributed by atoms with E-state index in [0.717, 1.165) is 38.4 Å². The van der Waals surface area contributed by atoms with Gasteiger partial charge in [0.05, 0.1) is 13.2 Å². The second kappa shape index (κ2) is 6.54. The van der Waals surface area contributed by atoms with Gasteiger partial charge in [0, 0.05) is 38.4 Å². The van der Waals surface area contributed by atoms with Crippen LogP contribution in [0.15, 0.2) is 24.3 Å². The molecule has 0 bridgehead atoms. The molecule has 1 aromatic carbocycles. The van der Waals surface area contributed by atoms with Gasteiger partial charge in [-0.2, -0.15) is 0 Å². The molecule has 1 unspecified atom stereocenters. The molecule has 6 heteroatoms. The Kier molecular flexibility index (Phi) is 4.49. The van der Waals surface area contributed by atoms with Crippen molar-refractivity contribution in [3.8, 4) is 5.75 Å². The van der Waals surface area contributed by atoms with E-state index in [9.17, 15) is 9.90 Å². The van der Waals surface area contributed by atoms with E-state index in [1.165, 1.54) is 0 Å². The maximum atomic E-state index is 12.6. The van der Waals surface area contributed by atoms with Crippen LogP contribution in [0.4, 0.5) is 5.69 Å². The van der Waals surface area contributed by atoms with Gasteiger partial charge in [0.25, 0.3) is 0 Å². The fourth-order valence-electron chi connectivity index (χ4n) is 3.01. The summed E-state index contributed by atoms with van der Waals surface area (Å²) in [6.07, 6.45) is 0. The van der Waals surface area contributed by atoms with Crippen molar-refractivity contribution in [1.29, 1.82) is 0 Å². The van der Waals surface area contributed by atoms with Crippen molar-refractivity contribution in [2.45, 2.75) is 6.04 Å². The molecule has 3 rings (SSSR count). The lowest BCUT2D eigenvalue weighted by Gasteiger charge is -2.40. The Morgan fingerprint density at radius 1 is 1.14 bits per heavy atom. The Balaban J connectivity index is 1.57. The number of hydrogen-bond acceptors (Lipinski definition) is 5. The number of ether oxygens (including phenoxy) is 1. The van der Waals surface area contributed by atoms with Gasteiger partial charge in [-0.1, -0.05) is 0 Å². The monoisotopic (exact) mass is 305 g/mol. The Morgan fingerprint density at radius 2 is 1.82 bits per heavy atom. The number of amides is 1. The van der Waals surface area contributed by atoms with Crippen molar-refractivity contribution in [3.05, 3.63) is 24.3 Å². The number of phenolic OH excluding ortho intramolecular Hbond substituents is 1. The summed E-state index contributed by atoms with van der Waals surface area (Å²) in [4.78, 5) is 18.9. The first-order valence-electron chi connectivity index (χ1n) is 7.76. The third-order valence-corrected chi connectivity index (χ3v) is 4.49. The van der Waals surface area contributed by atoms with Gasteiger partial charge >= 0.3 is 0 Å². The van der Waals surface area contributed by atoms with E-state index in [2.05, 4.69) is 9.80 Å². The van der Waals surface area contributed by atoms with Gasteiger partial charge in [-0.25, -0.2) is 0 Å². The van der Waals surface area contributed by atoms with Crippen LogP contribution in [0, 0.1) is 0 Å². The number of nitrogens with zero attached hydrogens (tertiary/aromatic N) is 3. The number of piperazine rings is 1. The summed E-state index contributed by atoms with van der Waals surface area (Å²) < 4.78 is 5.44. The smallest absolute Gasteiger partial charge is 0.242 e. The highest BCUT2D eigenvalue weighted by Crippen LogP contribution is 2.20. The molecule has 1 aromatic rings. The number of aromatic hydroxyl groups is 1. The van der Waals surface area contributed by atoms with Crippen molar-refractivity contribution in [3.63, 3.8) is 0 Å². The lowest BCUT2D eigenvalue weighted by atomic mass is 10.1. The van der Waals surface area contributed by atoms with Crippen LogP contribution in [0.5, 0.6) is 5.75 Å². The van der Waals surface area contributed by atoms with Gasteiger partial charge in [-0.05, 0) is 31.3 Å². The highest BCUT2D eigenvalue weighted by Gasteiger charge is 2.32. The van der Waals surface area contributed by atoms with Crippen LogP contribution in [0.3, 0.4) is 0 Å². The molecule has 0 saturated carbocycles. The Labute approximate surface area is 130 Å². The molecular weight excluding hydrogens is 282 g/mol. The van der Waals surface area contributed by atoms with Crippen molar-refractivity contribution >= 4 is 11.6 Å². The van der Waals surface area contributed by atoms with Gasteiger partial charge < -0.3 is 19.6 Å². The maximum absolute atomic E-state index is 12.6. The number of likely N-dealkylation sites (N-methyl/N-ethyl adjacent to an activating group) is 1. The topological polar surface area (TPSA) is 56.2 Å². The zero-order valence-electron chi connectivity index (χ0n) is 12.9. The fourth-order valence-corrected chi connectivity index (χ4v) is 3.01. The number of hydrogen-bond donors (Lipinski definition) is 1. The van der Waals surface area contributed by atoms with Crippen LogP contribution in [-0.4, -0.2) is 79.8 Å². The summed E-state index contributed by atoms with van der Waals surface area (Å²) in [5.41, 5.74) is 1.09. The molecule has 0 spiro atoms. The fraction of sp³-hybridized carbons (Fsp3) is 0.562. The summed E-state index contributed by atoms with van der Waals surface area (Å²) >= 11 is 0. The second-order valence-corrected chi connectivity index (χ2v) is 5.90. The molecule has 2 heterocycles. The molecule has 1 atom stereocenters. The summed E-state index contributed by atoms with van der Waals surface area (Å²) in [6, 6.07) is 7.07. The number of morpholine rings is 1. The highest BCUT2D eigenvalue weighted by molar-refractivity contribution is 5.82. The highest BCUT2D eigenvalue weighted by atomic mass is 16.5. The minimum absolute atomic E-state index is 0.144. The summed E-state index contributed by atoms with van der Waals surface area (Å²) in [5.74, 6) is 0.449. The standard InChI is InChI=1S/C16H23N3O3/c1-17-10-11-22-12-15(17)16(21)19-8-6-18(7-9-19)13-2-4-14(20)5-3-13/h2-5,15,20H,6-12H2,1H3. The molecule has 0 aromatic heterocycles. The molecule has 1 amide bonds. The lowest BCUT2D eigenvalue weighted by Crippen LogP contribution is -2.57. The number of rotatable bonds is 2. The molecule has 2 aliphatic heterocycles. The molecule has 0 radical (unpaired) electrons. The van der Waals surface area contributed by atoms with Gasteiger partial charge in [0.1, 0.15) is 11.8 Å². The number of benzene rings is 1. The maximum Gasteiger partial charge on any atom is 0.242 e.